The van der Waals surface area contributed by atoms with Crippen LogP contribution in [0, 0.1) is 0 Å². The molecule has 4 aromatic rings. The lowest BCUT2D eigenvalue weighted by atomic mass is 10.1. The van der Waals surface area contributed by atoms with Crippen LogP contribution >= 0.6 is 11.9 Å². The highest BCUT2D eigenvalue weighted by Crippen LogP contribution is 2.31. The summed E-state index contributed by atoms with van der Waals surface area (Å²) in [5.74, 6) is 0. The van der Waals surface area contributed by atoms with Gasteiger partial charge in [0.05, 0.1) is 0 Å². The maximum Gasteiger partial charge on any atom is 0.138 e. The zero-order valence-electron chi connectivity index (χ0n) is 14.5. The molecule has 0 bridgehead atoms. The maximum atomic E-state index is 4.63. The Kier molecular flexibility index (Phi) is 4.01. The molecule has 0 saturated carbocycles. The molecule has 2 N–H and O–H groups in total. The van der Waals surface area contributed by atoms with Crippen LogP contribution in [0.4, 0.5) is 11.4 Å². The van der Waals surface area contributed by atoms with Gasteiger partial charge in [0.1, 0.15) is 5.65 Å². The zero-order chi connectivity index (χ0) is 17.4. The van der Waals surface area contributed by atoms with E-state index in [0.717, 1.165) is 27.8 Å². The molecule has 0 aliphatic carbocycles. The first-order valence-electron chi connectivity index (χ1n) is 8.17. The number of aromatic nitrogens is 2. The highest BCUT2D eigenvalue weighted by Gasteiger charge is 2.08. The minimum absolute atomic E-state index is 0.922. The number of pyridine rings is 1. The Labute approximate surface area is 151 Å². The van der Waals surface area contributed by atoms with Crippen LogP contribution in [0.2, 0.25) is 0 Å². The monoisotopic (exact) mass is 348 g/mol. The van der Waals surface area contributed by atoms with Gasteiger partial charge >= 0.3 is 0 Å². The minimum Gasteiger partial charge on any atom is -0.388 e. The van der Waals surface area contributed by atoms with Crippen molar-refractivity contribution in [2.75, 3.05) is 30.0 Å². The van der Waals surface area contributed by atoms with E-state index in [1.54, 1.807) is 11.9 Å². The molecule has 25 heavy (non-hydrogen) atoms. The summed E-state index contributed by atoms with van der Waals surface area (Å²) in [6.07, 6.45) is 4.01. The van der Waals surface area contributed by atoms with E-state index in [1.807, 2.05) is 13.2 Å². The summed E-state index contributed by atoms with van der Waals surface area (Å²) in [6, 6.07) is 17.1. The average Bonchev–Trinajstić information content (AvgIpc) is 3.04. The summed E-state index contributed by atoms with van der Waals surface area (Å²) in [6.45, 7) is 0. The van der Waals surface area contributed by atoms with Crippen molar-refractivity contribution in [1.82, 2.24) is 9.97 Å². The summed E-state index contributed by atoms with van der Waals surface area (Å²) in [5.41, 5.74) is 6.62. The molecule has 2 aromatic carbocycles. The smallest absolute Gasteiger partial charge is 0.138 e. The third-order valence-electron chi connectivity index (χ3n) is 4.58. The lowest BCUT2D eigenvalue weighted by Crippen LogP contribution is -2.04. The Morgan fingerprint density at radius 3 is 2.52 bits per heavy atom. The van der Waals surface area contributed by atoms with Crippen molar-refractivity contribution in [3.8, 4) is 11.1 Å². The number of anilines is 2. The summed E-state index contributed by atoms with van der Waals surface area (Å²) in [4.78, 5) is 8.02. The van der Waals surface area contributed by atoms with Crippen molar-refractivity contribution in [2.24, 2.45) is 0 Å². The predicted molar refractivity (Wildman–Crippen MR) is 111 cm³/mol. The third-order valence-corrected chi connectivity index (χ3v) is 5.34. The first-order valence-corrected chi connectivity index (χ1v) is 9.35. The van der Waals surface area contributed by atoms with Gasteiger partial charge in [-0.2, -0.15) is 0 Å². The second-order valence-electron chi connectivity index (χ2n) is 5.98. The molecule has 5 heteroatoms. The molecular weight excluding hydrogens is 328 g/mol. The van der Waals surface area contributed by atoms with E-state index in [0.29, 0.717) is 0 Å². The van der Waals surface area contributed by atoms with Crippen LogP contribution in [0.3, 0.4) is 0 Å². The molecule has 0 unspecified atom stereocenters. The second-order valence-corrected chi connectivity index (χ2v) is 6.90. The molecule has 0 aliphatic rings. The zero-order valence-corrected chi connectivity index (χ0v) is 15.3. The number of hydrogen-bond acceptors (Lipinski definition) is 4. The van der Waals surface area contributed by atoms with Crippen molar-refractivity contribution in [1.29, 1.82) is 0 Å². The number of fused-ring (bicyclic) bond motifs is 3. The minimum atomic E-state index is 0.922. The number of benzene rings is 2. The average molecular weight is 348 g/mol. The first-order chi connectivity index (χ1) is 12.2. The fourth-order valence-corrected chi connectivity index (χ4v) is 3.39. The van der Waals surface area contributed by atoms with Crippen LogP contribution in [-0.2, 0) is 0 Å². The summed E-state index contributed by atoms with van der Waals surface area (Å²) in [5, 5.41) is 5.54. The quantitative estimate of drug-likeness (QED) is 0.501. The van der Waals surface area contributed by atoms with Crippen molar-refractivity contribution in [3.63, 3.8) is 0 Å². The van der Waals surface area contributed by atoms with Crippen LogP contribution in [-0.4, -0.2) is 30.3 Å². The number of aromatic amines is 1. The number of hydrogen-bond donors (Lipinski definition) is 2. The van der Waals surface area contributed by atoms with Crippen molar-refractivity contribution >= 4 is 45.3 Å². The Hall–Kier alpha value is -2.66. The SMILES string of the molecule is CNc1ccc2[nH]c3ncc(-c4ccc(N(C)SC)cc4)cc3c2c1. The van der Waals surface area contributed by atoms with Crippen LogP contribution in [0.25, 0.3) is 33.1 Å². The first kappa shape index (κ1) is 15.8. The van der Waals surface area contributed by atoms with Gasteiger partial charge in [-0.1, -0.05) is 24.1 Å². The van der Waals surface area contributed by atoms with E-state index in [2.05, 4.69) is 81.4 Å². The molecule has 2 heterocycles. The third kappa shape index (κ3) is 2.81. The van der Waals surface area contributed by atoms with Crippen LogP contribution < -0.4 is 9.62 Å². The van der Waals surface area contributed by atoms with E-state index in [-0.39, 0.29) is 0 Å². The van der Waals surface area contributed by atoms with E-state index >= 15 is 0 Å². The topological polar surface area (TPSA) is 44.0 Å². The van der Waals surface area contributed by atoms with E-state index in [1.165, 1.54) is 16.6 Å². The van der Waals surface area contributed by atoms with Crippen molar-refractivity contribution in [2.45, 2.75) is 0 Å². The molecule has 0 saturated heterocycles. The van der Waals surface area contributed by atoms with Crippen molar-refractivity contribution in [3.05, 3.63) is 54.7 Å². The van der Waals surface area contributed by atoms with Gasteiger partial charge in [0, 0.05) is 59.8 Å². The Balaban J connectivity index is 1.81. The number of nitrogens with zero attached hydrogens (tertiary/aromatic N) is 2. The standard InChI is InChI=1S/C20H20N4S/c1-21-15-6-9-19-17(11-15)18-10-14(12-22-20(18)23-19)13-4-7-16(8-5-13)24(2)25-3/h4-12,21H,1-3H3,(H,22,23). The van der Waals surface area contributed by atoms with Gasteiger partial charge in [-0.05, 0) is 42.0 Å². The largest absolute Gasteiger partial charge is 0.388 e. The van der Waals surface area contributed by atoms with Crippen molar-refractivity contribution < 1.29 is 0 Å². The van der Waals surface area contributed by atoms with E-state index < -0.39 is 0 Å². The van der Waals surface area contributed by atoms with E-state index in [9.17, 15) is 0 Å². The fourth-order valence-electron chi connectivity index (χ4n) is 3.06. The predicted octanol–water partition coefficient (Wildman–Crippen LogP) is 5.14. The molecule has 2 aromatic heterocycles. The summed E-state index contributed by atoms with van der Waals surface area (Å²) in [7, 11) is 4.01. The lowest BCUT2D eigenvalue weighted by molar-refractivity contribution is 1.34. The van der Waals surface area contributed by atoms with Crippen LogP contribution in [0.1, 0.15) is 0 Å². The molecule has 0 aliphatic heterocycles. The number of rotatable bonds is 4. The van der Waals surface area contributed by atoms with E-state index in [4.69, 9.17) is 0 Å². The van der Waals surface area contributed by atoms with Gasteiger partial charge < -0.3 is 14.6 Å². The molecule has 0 amide bonds. The summed E-state index contributed by atoms with van der Waals surface area (Å²) >= 11 is 1.70. The highest BCUT2D eigenvalue weighted by molar-refractivity contribution is 7.99. The van der Waals surface area contributed by atoms with Crippen LogP contribution in [0.5, 0.6) is 0 Å². The Morgan fingerprint density at radius 1 is 1.00 bits per heavy atom. The Morgan fingerprint density at radius 2 is 1.80 bits per heavy atom. The Bertz CT molecular complexity index is 1040. The number of H-pyrrole nitrogens is 1. The molecule has 0 fully saturated rings. The van der Waals surface area contributed by atoms with Gasteiger partial charge in [-0.25, -0.2) is 4.98 Å². The van der Waals surface area contributed by atoms with Gasteiger partial charge in [0.2, 0.25) is 0 Å². The molecule has 126 valence electrons. The van der Waals surface area contributed by atoms with Crippen LogP contribution in [0.15, 0.2) is 54.7 Å². The van der Waals surface area contributed by atoms with Gasteiger partial charge in [0.25, 0.3) is 0 Å². The van der Waals surface area contributed by atoms with Gasteiger partial charge in [-0.3, -0.25) is 0 Å². The molecule has 0 spiro atoms. The highest BCUT2D eigenvalue weighted by atomic mass is 32.2. The molecule has 0 atom stereocenters. The van der Waals surface area contributed by atoms with Gasteiger partial charge in [-0.15, -0.1) is 0 Å². The normalized spacial score (nSPS) is 11.2. The summed E-state index contributed by atoms with van der Waals surface area (Å²) < 4.78 is 2.14. The second kappa shape index (κ2) is 6.33. The molecular formula is C20H20N4S. The number of nitrogens with one attached hydrogen (secondary N) is 2. The lowest BCUT2D eigenvalue weighted by Gasteiger charge is -2.15. The molecule has 4 nitrogen and oxygen atoms in total. The maximum absolute atomic E-state index is 4.63. The fraction of sp³-hybridized carbons (Fsp3) is 0.150. The molecule has 0 radical (unpaired) electrons. The van der Waals surface area contributed by atoms with Gasteiger partial charge in [0.15, 0.2) is 0 Å². The molecule has 4 rings (SSSR count).